The Labute approximate surface area is 178 Å². The van der Waals surface area contributed by atoms with Crippen LogP contribution in [0.25, 0.3) is 0 Å². The Morgan fingerprint density at radius 1 is 0.586 bits per heavy atom. The van der Waals surface area contributed by atoms with Crippen LogP contribution < -0.4 is 0 Å². The van der Waals surface area contributed by atoms with Gasteiger partial charge in [-0.25, -0.2) is 0 Å². The Balaban J connectivity index is 2.47. The third-order valence-electron chi connectivity index (χ3n) is 6.29. The van der Waals surface area contributed by atoms with Gasteiger partial charge in [-0.05, 0) is 24.0 Å². The van der Waals surface area contributed by atoms with E-state index in [2.05, 4.69) is 74.5 Å². The van der Waals surface area contributed by atoms with Crippen LogP contribution in [0, 0.1) is 0 Å². The molecule has 0 heterocycles. The van der Waals surface area contributed by atoms with Crippen LogP contribution in [0.4, 0.5) is 0 Å². The van der Waals surface area contributed by atoms with Gasteiger partial charge in [-0.3, -0.25) is 0 Å². The van der Waals surface area contributed by atoms with Crippen LogP contribution in [0.2, 0.25) is 0 Å². The van der Waals surface area contributed by atoms with Gasteiger partial charge in [0.15, 0.2) is 0 Å². The molecule has 2 nitrogen and oxygen atoms in total. The average Bonchev–Trinajstić information content (AvgIpc) is 2.78. The molecule has 0 amide bonds. The molecule has 0 aliphatic heterocycles. The Morgan fingerprint density at radius 2 is 1.10 bits per heavy atom. The maximum Gasteiger partial charge on any atom is 0.146 e. The molecular weight excluding hydrogens is 356 g/mol. The summed E-state index contributed by atoms with van der Waals surface area (Å²) in [7, 11) is 3.71. The Morgan fingerprint density at radius 3 is 1.55 bits per heavy atom. The lowest BCUT2D eigenvalue weighted by Gasteiger charge is -2.50. The highest BCUT2D eigenvalue weighted by Crippen LogP contribution is 2.49. The first-order valence-corrected chi connectivity index (χ1v) is 11.4. The average molecular weight is 397 g/mol. The topological polar surface area (TPSA) is 18.5 Å². The molecule has 0 aromatic heterocycles. The molecule has 2 aromatic carbocycles. The molecule has 1 atom stereocenters. The van der Waals surface area contributed by atoms with Crippen molar-refractivity contribution in [1.82, 2.24) is 0 Å². The minimum Gasteiger partial charge on any atom is -0.374 e. The second kappa shape index (κ2) is 12.1. The zero-order valence-electron chi connectivity index (χ0n) is 19.0. The molecule has 29 heavy (non-hydrogen) atoms. The van der Waals surface area contributed by atoms with E-state index in [9.17, 15) is 0 Å². The fourth-order valence-electron chi connectivity index (χ4n) is 4.88. The smallest absolute Gasteiger partial charge is 0.146 e. The van der Waals surface area contributed by atoms with E-state index in [0.717, 1.165) is 36.8 Å². The van der Waals surface area contributed by atoms with Gasteiger partial charge >= 0.3 is 0 Å². The number of benzene rings is 2. The van der Waals surface area contributed by atoms with Crippen LogP contribution in [-0.2, 0) is 15.1 Å². The van der Waals surface area contributed by atoms with Crippen molar-refractivity contribution < 1.29 is 9.47 Å². The summed E-state index contributed by atoms with van der Waals surface area (Å²) in [6.45, 7) is 4.51. The Bertz CT molecular complexity index is 628. The van der Waals surface area contributed by atoms with Crippen molar-refractivity contribution in [2.24, 2.45) is 0 Å². The van der Waals surface area contributed by atoms with Gasteiger partial charge in [-0.1, -0.05) is 119 Å². The van der Waals surface area contributed by atoms with Crippen molar-refractivity contribution in [2.75, 3.05) is 14.2 Å². The zero-order valence-corrected chi connectivity index (χ0v) is 19.0. The van der Waals surface area contributed by atoms with Gasteiger partial charge in [0.05, 0.1) is 0 Å². The summed E-state index contributed by atoms with van der Waals surface area (Å²) in [5.41, 5.74) is 1.28. The van der Waals surface area contributed by atoms with Gasteiger partial charge in [-0.15, -0.1) is 0 Å². The van der Waals surface area contributed by atoms with Gasteiger partial charge in [0.25, 0.3) is 0 Å². The van der Waals surface area contributed by atoms with Crippen LogP contribution >= 0.6 is 0 Å². The number of ether oxygens (including phenoxy) is 2. The maximum atomic E-state index is 6.49. The van der Waals surface area contributed by atoms with Crippen molar-refractivity contribution in [3.05, 3.63) is 71.8 Å². The molecule has 0 aliphatic carbocycles. The number of hydrogen-bond acceptors (Lipinski definition) is 2. The number of rotatable bonds is 14. The van der Waals surface area contributed by atoms with E-state index in [4.69, 9.17) is 9.47 Å². The van der Waals surface area contributed by atoms with E-state index in [1.165, 1.54) is 32.1 Å². The SMILES string of the molecule is CCCCCCCCC(CCC)(OC)C(OC)(c1ccccc1)c1ccccc1. The summed E-state index contributed by atoms with van der Waals surface area (Å²) < 4.78 is 12.9. The fraction of sp³-hybridized carbons (Fsp3) is 0.556. The van der Waals surface area contributed by atoms with Crippen LogP contribution in [0.1, 0.15) is 82.8 Å². The third-order valence-corrected chi connectivity index (χ3v) is 6.29. The Hall–Kier alpha value is -1.64. The van der Waals surface area contributed by atoms with E-state index < -0.39 is 11.2 Å². The van der Waals surface area contributed by atoms with Crippen LogP contribution in [0.3, 0.4) is 0 Å². The monoisotopic (exact) mass is 396 g/mol. The quantitative estimate of drug-likeness (QED) is 0.308. The first-order chi connectivity index (χ1) is 14.2. The van der Waals surface area contributed by atoms with E-state index in [0.29, 0.717) is 0 Å². The van der Waals surface area contributed by atoms with Crippen molar-refractivity contribution in [3.8, 4) is 0 Å². The van der Waals surface area contributed by atoms with Crippen molar-refractivity contribution in [3.63, 3.8) is 0 Å². The summed E-state index contributed by atoms with van der Waals surface area (Å²) in [4.78, 5) is 0. The molecule has 1 unspecified atom stereocenters. The summed E-state index contributed by atoms with van der Waals surface area (Å²) >= 11 is 0. The van der Waals surface area contributed by atoms with Crippen molar-refractivity contribution in [1.29, 1.82) is 0 Å². The predicted octanol–water partition coefficient (Wildman–Crippen LogP) is 7.51. The minimum atomic E-state index is -0.635. The highest BCUT2D eigenvalue weighted by molar-refractivity contribution is 5.40. The summed E-state index contributed by atoms with van der Waals surface area (Å²) in [6, 6.07) is 21.3. The molecule has 0 saturated carbocycles. The van der Waals surface area contributed by atoms with E-state index in [-0.39, 0.29) is 0 Å². The van der Waals surface area contributed by atoms with Crippen LogP contribution in [0.5, 0.6) is 0 Å². The highest BCUT2D eigenvalue weighted by Gasteiger charge is 2.53. The first-order valence-electron chi connectivity index (χ1n) is 11.4. The number of hydrogen-bond donors (Lipinski definition) is 0. The maximum absolute atomic E-state index is 6.49. The molecule has 2 aromatic rings. The molecule has 160 valence electrons. The molecule has 2 rings (SSSR count). The van der Waals surface area contributed by atoms with Crippen LogP contribution in [0.15, 0.2) is 60.7 Å². The molecule has 0 bridgehead atoms. The van der Waals surface area contributed by atoms with Gasteiger partial charge in [0.2, 0.25) is 0 Å². The highest BCUT2D eigenvalue weighted by atomic mass is 16.5. The molecule has 2 heteroatoms. The molecule has 0 aliphatic rings. The van der Waals surface area contributed by atoms with E-state index in [1.807, 2.05) is 14.2 Å². The summed E-state index contributed by atoms with van der Waals surface area (Å²) in [5.74, 6) is 0. The molecule has 0 N–H and O–H groups in total. The van der Waals surface area contributed by atoms with Gasteiger partial charge < -0.3 is 9.47 Å². The Kier molecular flexibility index (Phi) is 9.90. The molecule has 0 radical (unpaired) electrons. The third kappa shape index (κ3) is 5.29. The molecule has 0 fully saturated rings. The predicted molar refractivity (Wildman–Crippen MR) is 123 cm³/mol. The first kappa shape index (κ1) is 23.6. The van der Waals surface area contributed by atoms with Gasteiger partial charge in [-0.2, -0.15) is 0 Å². The number of methoxy groups -OCH3 is 2. The lowest BCUT2D eigenvalue weighted by molar-refractivity contribution is -0.179. The lowest BCUT2D eigenvalue weighted by atomic mass is 9.68. The van der Waals surface area contributed by atoms with Gasteiger partial charge in [0.1, 0.15) is 11.2 Å². The van der Waals surface area contributed by atoms with Crippen LogP contribution in [-0.4, -0.2) is 19.8 Å². The van der Waals surface area contributed by atoms with Gasteiger partial charge in [0, 0.05) is 14.2 Å². The zero-order chi connectivity index (χ0) is 21.0. The number of unbranched alkanes of at least 4 members (excludes halogenated alkanes) is 5. The second-order valence-electron chi connectivity index (χ2n) is 8.08. The minimum absolute atomic E-state index is 0.413. The lowest BCUT2D eigenvalue weighted by Crippen LogP contribution is -2.55. The standard InChI is InChI=1S/C27H40O2/c1-5-7-8-9-10-17-23-26(28-3,22-6-2)27(29-4,24-18-13-11-14-19-24)25-20-15-12-16-21-25/h11-16,18-21H,5-10,17,22-23H2,1-4H3. The molecule has 0 spiro atoms. The molecule has 0 saturated heterocycles. The van der Waals surface area contributed by atoms with E-state index >= 15 is 0 Å². The van der Waals surface area contributed by atoms with E-state index in [1.54, 1.807) is 0 Å². The van der Waals surface area contributed by atoms with Crippen molar-refractivity contribution in [2.45, 2.75) is 82.8 Å². The fourth-order valence-corrected chi connectivity index (χ4v) is 4.88. The molecular formula is C27H40O2. The van der Waals surface area contributed by atoms with Crippen molar-refractivity contribution >= 4 is 0 Å². The largest absolute Gasteiger partial charge is 0.374 e. The second-order valence-corrected chi connectivity index (χ2v) is 8.08. The summed E-state index contributed by atoms with van der Waals surface area (Å²) in [5, 5.41) is 0. The normalized spacial score (nSPS) is 13.9. The summed E-state index contributed by atoms with van der Waals surface area (Å²) in [6.07, 6.45) is 10.6.